The SMILES string of the molecule is O=C(CSc1nc(CC(=O)N2CCN(C/C=C/c3ccccc3)CC2)cs1)Nc1ccc(Cl)cc1. The third kappa shape index (κ3) is 8.21. The lowest BCUT2D eigenvalue weighted by Gasteiger charge is -2.34. The van der Waals surface area contributed by atoms with Gasteiger partial charge in [0, 0.05) is 48.8 Å². The van der Waals surface area contributed by atoms with Crippen molar-refractivity contribution in [1.29, 1.82) is 0 Å². The van der Waals surface area contributed by atoms with Gasteiger partial charge >= 0.3 is 0 Å². The normalized spacial score (nSPS) is 14.4. The minimum absolute atomic E-state index is 0.104. The second kappa shape index (κ2) is 12.9. The summed E-state index contributed by atoms with van der Waals surface area (Å²) in [5, 5.41) is 5.37. The molecule has 182 valence electrons. The second-order valence-electron chi connectivity index (χ2n) is 8.12. The Labute approximate surface area is 219 Å². The first-order valence-electron chi connectivity index (χ1n) is 11.4. The summed E-state index contributed by atoms with van der Waals surface area (Å²) in [6, 6.07) is 17.3. The van der Waals surface area contributed by atoms with Gasteiger partial charge < -0.3 is 10.2 Å². The molecular weight excluding hydrogens is 500 g/mol. The average molecular weight is 527 g/mol. The van der Waals surface area contributed by atoms with Gasteiger partial charge in [-0.25, -0.2) is 4.98 Å². The quantitative estimate of drug-likeness (QED) is 0.401. The number of halogens is 1. The van der Waals surface area contributed by atoms with Crippen LogP contribution in [0, 0.1) is 0 Å². The summed E-state index contributed by atoms with van der Waals surface area (Å²) in [5.74, 6) is 0.248. The Balaban J connectivity index is 1.16. The highest BCUT2D eigenvalue weighted by atomic mass is 35.5. The Morgan fingerprint density at radius 1 is 1.06 bits per heavy atom. The maximum atomic E-state index is 12.8. The molecular formula is C26H27ClN4O2S2. The van der Waals surface area contributed by atoms with Gasteiger partial charge in [-0.1, -0.05) is 65.8 Å². The number of rotatable bonds is 9. The molecule has 0 saturated carbocycles. The summed E-state index contributed by atoms with van der Waals surface area (Å²) >= 11 is 8.70. The summed E-state index contributed by atoms with van der Waals surface area (Å²) in [5.41, 5.74) is 2.66. The maximum Gasteiger partial charge on any atom is 0.234 e. The fraction of sp³-hybridized carbons (Fsp3) is 0.269. The van der Waals surface area contributed by atoms with E-state index < -0.39 is 0 Å². The Hall–Kier alpha value is -2.65. The van der Waals surface area contributed by atoms with E-state index in [0.29, 0.717) is 17.1 Å². The number of nitrogens with zero attached hydrogens (tertiary/aromatic N) is 3. The molecule has 9 heteroatoms. The molecule has 0 unspecified atom stereocenters. The number of carbonyl (C=O) groups is 2. The van der Waals surface area contributed by atoms with E-state index in [0.717, 1.165) is 42.8 Å². The van der Waals surface area contributed by atoms with E-state index in [-0.39, 0.29) is 17.6 Å². The predicted molar refractivity (Wildman–Crippen MR) is 145 cm³/mol. The first kappa shape index (κ1) is 25.4. The molecule has 6 nitrogen and oxygen atoms in total. The Morgan fingerprint density at radius 2 is 1.80 bits per heavy atom. The maximum absolute atomic E-state index is 12.8. The molecule has 35 heavy (non-hydrogen) atoms. The van der Waals surface area contributed by atoms with Gasteiger partial charge in [0.1, 0.15) is 0 Å². The topological polar surface area (TPSA) is 65.5 Å². The molecule has 0 atom stereocenters. The van der Waals surface area contributed by atoms with Gasteiger partial charge in [-0.3, -0.25) is 14.5 Å². The molecule has 1 N–H and O–H groups in total. The smallest absolute Gasteiger partial charge is 0.234 e. The number of anilines is 1. The van der Waals surface area contributed by atoms with Crippen molar-refractivity contribution in [2.45, 2.75) is 10.8 Å². The summed E-state index contributed by atoms with van der Waals surface area (Å²) in [7, 11) is 0. The van der Waals surface area contributed by atoms with Gasteiger partial charge in [0.05, 0.1) is 17.9 Å². The summed E-state index contributed by atoms with van der Waals surface area (Å²) in [6.45, 7) is 4.08. The van der Waals surface area contributed by atoms with Crippen LogP contribution in [0.1, 0.15) is 11.3 Å². The van der Waals surface area contributed by atoms with E-state index in [1.807, 2.05) is 28.5 Å². The van der Waals surface area contributed by atoms with Crippen LogP contribution in [-0.4, -0.2) is 65.1 Å². The van der Waals surface area contributed by atoms with Gasteiger partial charge in [-0.15, -0.1) is 11.3 Å². The number of benzene rings is 2. The van der Waals surface area contributed by atoms with E-state index in [4.69, 9.17) is 11.6 Å². The predicted octanol–water partition coefficient (Wildman–Crippen LogP) is 4.93. The lowest BCUT2D eigenvalue weighted by Crippen LogP contribution is -2.49. The van der Waals surface area contributed by atoms with Crippen LogP contribution in [-0.2, 0) is 16.0 Å². The molecule has 0 bridgehead atoms. The summed E-state index contributed by atoms with van der Waals surface area (Å²) < 4.78 is 0.786. The number of thiazole rings is 1. The number of carbonyl (C=O) groups excluding carboxylic acids is 2. The molecule has 1 saturated heterocycles. The molecule has 1 fully saturated rings. The third-order valence-corrected chi connectivity index (χ3v) is 7.84. The van der Waals surface area contributed by atoms with E-state index in [9.17, 15) is 9.59 Å². The third-order valence-electron chi connectivity index (χ3n) is 5.52. The Morgan fingerprint density at radius 3 is 2.54 bits per heavy atom. The first-order chi connectivity index (χ1) is 17.0. The molecule has 1 aromatic heterocycles. The molecule has 1 aliphatic heterocycles. The van der Waals surface area contributed by atoms with Crippen molar-refractivity contribution in [2.24, 2.45) is 0 Å². The van der Waals surface area contributed by atoms with Gasteiger partial charge in [0.2, 0.25) is 11.8 Å². The van der Waals surface area contributed by atoms with Gasteiger partial charge in [-0.2, -0.15) is 0 Å². The van der Waals surface area contributed by atoms with Crippen LogP contribution in [0.4, 0.5) is 5.69 Å². The molecule has 2 amide bonds. The molecule has 2 aromatic carbocycles. The molecule has 4 rings (SSSR count). The van der Waals surface area contributed by atoms with Crippen molar-refractivity contribution >= 4 is 58.3 Å². The number of aromatic nitrogens is 1. The number of hydrogen-bond acceptors (Lipinski definition) is 6. The second-order valence-corrected chi connectivity index (χ2v) is 10.6. The monoisotopic (exact) mass is 526 g/mol. The zero-order valence-corrected chi connectivity index (χ0v) is 21.6. The number of thioether (sulfide) groups is 1. The zero-order chi connectivity index (χ0) is 24.5. The fourth-order valence-corrected chi connectivity index (χ4v) is 5.41. The number of amides is 2. The van der Waals surface area contributed by atoms with E-state index >= 15 is 0 Å². The Kier molecular flexibility index (Phi) is 9.36. The van der Waals surface area contributed by atoms with Gasteiger partial charge in [0.15, 0.2) is 4.34 Å². The van der Waals surface area contributed by atoms with Crippen LogP contribution in [0.5, 0.6) is 0 Å². The van der Waals surface area contributed by atoms with Crippen LogP contribution in [0.15, 0.2) is 70.4 Å². The zero-order valence-electron chi connectivity index (χ0n) is 19.2. The number of nitrogens with one attached hydrogen (secondary N) is 1. The fourth-order valence-electron chi connectivity index (χ4n) is 3.64. The number of piperazine rings is 1. The van der Waals surface area contributed by atoms with Crippen molar-refractivity contribution in [3.05, 3.63) is 82.3 Å². The summed E-state index contributed by atoms with van der Waals surface area (Å²) in [6.07, 6.45) is 4.61. The number of hydrogen-bond donors (Lipinski definition) is 1. The van der Waals surface area contributed by atoms with Crippen molar-refractivity contribution in [2.75, 3.05) is 43.8 Å². The van der Waals surface area contributed by atoms with Gasteiger partial charge in [-0.05, 0) is 29.8 Å². The van der Waals surface area contributed by atoms with Crippen LogP contribution in [0.2, 0.25) is 5.02 Å². The lowest BCUT2D eigenvalue weighted by atomic mass is 10.2. The van der Waals surface area contributed by atoms with Gasteiger partial charge in [0.25, 0.3) is 0 Å². The molecule has 0 radical (unpaired) electrons. The highest BCUT2D eigenvalue weighted by molar-refractivity contribution is 8.01. The minimum Gasteiger partial charge on any atom is -0.340 e. The average Bonchev–Trinajstić information content (AvgIpc) is 3.32. The molecule has 3 aromatic rings. The largest absolute Gasteiger partial charge is 0.340 e. The molecule has 1 aliphatic rings. The molecule has 2 heterocycles. The van der Waals surface area contributed by atoms with E-state index in [1.165, 1.54) is 28.7 Å². The highest BCUT2D eigenvalue weighted by Crippen LogP contribution is 2.24. The summed E-state index contributed by atoms with van der Waals surface area (Å²) in [4.78, 5) is 33.7. The molecule has 0 aliphatic carbocycles. The van der Waals surface area contributed by atoms with E-state index in [2.05, 4.69) is 39.5 Å². The van der Waals surface area contributed by atoms with Crippen LogP contribution >= 0.6 is 34.7 Å². The van der Waals surface area contributed by atoms with E-state index in [1.54, 1.807) is 24.3 Å². The van der Waals surface area contributed by atoms with Crippen molar-refractivity contribution in [1.82, 2.24) is 14.8 Å². The van der Waals surface area contributed by atoms with Crippen LogP contribution in [0.25, 0.3) is 6.08 Å². The van der Waals surface area contributed by atoms with Crippen molar-refractivity contribution in [3.63, 3.8) is 0 Å². The van der Waals surface area contributed by atoms with Crippen LogP contribution in [0.3, 0.4) is 0 Å². The standard InChI is InChI=1S/C26H27ClN4O2S2/c27-21-8-10-22(11-9-21)28-24(32)19-35-26-29-23(18-34-26)17-25(33)31-15-13-30(14-16-31)12-4-7-20-5-2-1-3-6-20/h1-11,18H,12-17,19H2,(H,28,32)/b7-4+. The van der Waals surface area contributed by atoms with Crippen molar-refractivity contribution in [3.8, 4) is 0 Å². The minimum atomic E-state index is -0.110. The lowest BCUT2D eigenvalue weighted by molar-refractivity contribution is -0.132. The first-order valence-corrected chi connectivity index (χ1v) is 13.6. The highest BCUT2D eigenvalue weighted by Gasteiger charge is 2.21. The van der Waals surface area contributed by atoms with Crippen LogP contribution < -0.4 is 5.32 Å². The Bertz CT molecular complexity index is 1140. The van der Waals surface area contributed by atoms with Crippen molar-refractivity contribution < 1.29 is 9.59 Å². The molecule has 0 spiro atoms.